The van der Waals surface area contributed by atoms with E-state index in [1.165, 1.54) is 26.2 Å². The van der Waals surface area contributed by atoms with Gasteiger partial charge in [0, 0.05) is 13.3 Å². The summed E-state index contributed by atoms with van der Waals surface area (Å²) < 4.78 is 48.4. The van der Waals surface area contributed by atoms with Gasteiger partial charge in [0.2, 0.25) is 0 Å². The molecule has 25 heavy (non-hydrogen) atoms. The third-order valence-corrected chi connectivity index (χ3v) is 2.84. The summed E-state index contributed by atoms with van der Waals surface area (Å²) >= 11 is 0. The molecule has 0 aliphatic rings. The zero-order valence-corrected chi connectivity index (χ0v) is 14.9. The molecule has 0 spiro atoms. The lowest BCUT2D eigenvalue weighted by atomic mass is 10.0. The van der Waals surface area contributed by atoms with Gasteiger partial charge in [-0.25, -0.2) is 9.78 Å². The van der Waals surface area contributed by atoms with Crippen molar-refractivity contribution in [1.82, 2.24) is 0 Å². The van der Waals surface area contributed by atoms with Crippen molar-refractivity contribution in [2.45, 2.75) is 58.4 Å². The SMILES string of the molecule is COc1cc(CC(CC(F)(F)F)OOC(C)(C)C)ccc1OC(C)=O. The number of carbonyl (C=O) groups excluding carboxylic acids is 1. The number of benzene rings is 1. The summed E-state index contributed by atoms with van der Waals surface area (Å²) in [4.78, 5) is 21.1. The smallest absolute Gasteiger partial charge is 0.391 e. The van der Waals surface area contributed by atoms with Crippen LogP contribution in [-0.4, -0.2) is 31.0 Å². The molecular formula is C17H23F3O5. The zero-order chi connectivity index (χ0) is 19.3. The van der Waals surface area contributed by atoms with Gasteiger partial charge in [0.25, 0.3) is 0 Å². The first-order valence-corrected chi connectivity index (χ1v) is 7.66. The van der Waals surface area contributed by atoms with Crippen molar-refractivity contribution in [3.8, 4) is 11.5 Å². The second-order valence-corrected chi connectivity index (χ2v) is 6.52. The predicted molar refractivity (Wildman–Crippen MR) is 84.4 cm³/mol. The molecule has 0 fully saturated rings. The van der Waals surface area contributed by atoms with Crippen molar-refractivity contribution in [1.29, 1.82) is 0 Å². The van der Waals surface area contributed by atoms with Gasteiger partial charge in [0.15, 0.2) is 11.5 Å². The Labute approximate surface area is 144 Å². The maximum absolute atomic E-state index is 12.8. The van der Waals surface area contributed by atoms with Crippen molar-refractivity contribution in [2.75, 3.05) is 7.11 Å². The van der Waals surface area contributed by atoms with E-state index in [1.54, 1.807) is 26.8 Å². The van der Waals surface area contributed by atoms with E-state index in [0.29, 0.717) is 5.56 Å². The maximum Gasteiger partial charge on any atom is 0.391 e. The van der Waals surface area contributed by atoms with Crippen LogP contribution in [-0.2, 0) is 21.0 Å². The molecule has 8 heteroatoms. The molecule has 0 amide bonds. The third kappa shape index (κ3) is 8.74. The zero-order valence-electron chi connectivity index (χ0n) is 14.9. The number of esters is 1. The van der Waals surface area contributed by atoms with Crippen molar-refractivity contribution < 1.29 is 37.2 Å². The summed E-state index contributed by atoms with van der Waals surface area (Å²) in [6.45, 7) is 6.27. The van der Waals surface area contributed by atoms with Crippen LogP contribution < -0.4 is 9.47 Å². The highest BCUT2D eigenvalue weighted by molar-refractivity contribution is 5.70. The largest absolute Gasteiger partial charge is 0.493 e. The van der Waals surface area contributed by atoms with E-state index in [9.17, 15) is 18.0 Å². The van der Waals surface area contributed by atoms with E-state index in [2.05, 4.69) is 0 Å². The Morgan fingerprint density at radius 1 is 1.16 bits per heavy atom. The molecule has 1 unspecified atom stereocenters. The Kier molecular flexibility index (Phi) is 7.25. The first-order chi connectivity index (χ1) is 11.4. The molecule has 0 heterocycles. The van der Waals surface area contributed by atoms with Gasteiger partial charge < -0.3 is 9.47 Å². The molecule has 0 N–H and O–H groups in total. The van der Waals surface area contributed by atoms with E-state index in [1.807, 2.05) is 0 Å². The lowest BCUT2D eigenvalue weighted by molar-refractivity contribution is -0.381. The average molecular weight is 364 g/mol. The van der Waals surface area contributed by atoms with Gasteiger partial charge in [-0.05, 0) is 38.5 Å². The van der Waals surface area contributed by atoms with Gasteiger partial charge in [-0.1, -0.05) is 6.07 Å². The van der Waals surface area contributed by atoms with Gasteiger partial charge in [-0.2, -0.15) is 13.2 Å². The third-order valence-electron chi connectivity index (χ3n) is 2.84. The summed E-state index contributed by atoms with van der Waals surface area (Å²) in [5, 5.41) is 0. The molecule has 1 aromatic rings. The molecule has 0 radical (unpaired) electrons. The number of halogens is 3. The fourth-order valence-electron chi connectivity index (χ4n) is 1.95. The predicted octanol–water partition coefficient (Wildman–Crippen LogP) is 4.23. The Morgan fingerprint density at radius 2 is 1.80 bits per heavy atom. The molecule has 0 aliphatic carbocycles. The normalized spacial score (nSPS) is 13.4. The van der Waals surface area contributed by atoms with Crippen LogP contribution in [0.15, 0.2) is 18.2 Å². The van der Waals surface area contributed by atoms with Crippen LogP contribution in [0.25, 0.3) is 0 Å². The van der Waals surface area contributed by atoms with Crippen molar-refractivity contribution in [3.05, 3.63) is 23.8 Å². The fraction of sp³-hybridized carbons (Fsp3) is 0.588. The lowest BCUT2D eigenvalue weighted by Gasteiger charge is -2.24. The van der Waals surface area contributed by atoms with Crippen molar-refractivity contribution in [2.24, 2.45) is 0 Å². The average Bonchev–Trinajstić information content (AvgIpc) is 2.43. The molecule has 0 aromatic heterocycles. The van der Waals surface area contributed by atoms with Crippen LogP contribution in [0.3, 0.4) is 0 Å². The molecule has 0 aliphatic heterocycles. The monoisotopic (exact) mass is 364 g/mol. The summed E-state index contributed by atoms with van der Waals surface area (Å²) in [7, 11) is 1.37. The van der Waals surface area contributed by atoms with Gasteiger partial charge in [0.1, 0.15) is 6.10 Å². The number of methoxy groups -OCH3 is 1. The molecule has 5 nitrogen and oxygen atoms in total. The molecule has 0 bridgehead atoms. The second kappa shape index (κ2) is 8.53. The molecule has 1 aromatic carbocycles. The van der Waals surface area contributed by atoms with E-state index >= 15 is 0 Å². The van der Waals surface area contributed by atoms with Gasteiger partial charge in [-0.15, -0.1) is 0 Å². The first kappa shape index (κ1) is 21.2. The number of rotatable bonds is 7. The quantitative estimate of drug-likeness (QED) is 0.314. The Balaban J connectivity index is 2.92. The molecule has 0 saturated heterocycles. The van der Waals surface area contributed by atoms with Crippen LogP contribution in [0.4, 0.5) is 13.2 Å². The number of hydrogen-bond donors (Lipinski definition) is 0. The van der Waals surface area contributed by atoms with E-state index in [4.69, 9.17) is 19.2 Å². The van der Waals surface area contributed by atoms with Gasteiger partial charge in [-0.3, -0.25) is 4.79 Å². The van der Waals surface area contributed by atoms with Crippen LogP contribution in [0.5, 0.6) is 11.5 Å². The minimum atomic E-state index is -4.40. The standard InChI is InChI=1S/C17H23F3O5/c1-11(21)23-14-7-6-12(9-15(14)22-5)8-13(10-17(18,19)20)24-25-16(2,3)4/h6-7,9,13H,8,10H2,1-5H3. The first-order valence-electron chi connectivity index (χ1n) is 7.66. The van der Waals surface area contributed by atoms with E-state index in [0.717, 1.165) is 0 Å². The topological polar surface area (TPSA) is 54.0 Å². The Bertz CT molecular complexity index is 579. The van der Waals surface area contributed by atoms with Crippen molar-refractivity contribution >= 4 is 5.97 Å². The van der Waals surface area contributed by atoms with E-state index in [-0.39, 0.29) is 17.9 Å². The Hall–Kier alpha value is -1.80. The van der Waals surface area contributed by atoms with E-state index < -0.39 is 30.3 Å². The Morgan fingerprint density at radius 3 is 2.28 bits per heavy atom. The van der Waals surface area contributed by atoms with Crippen molar-refractivity contribution in [3.63, 3.8) is 0 Å². The minimum absolute atomic E-state index is 0.0493. The number of ether oxygens (including phenoxy) is 2. The summed E-state index contributed by atoms with van der Waals surface area (Å²) in [6, 6.07) is 4.51. The van der Waals surface area contributed by atoms with Gasteiger partial charge in [0.05, 0.1) is 19.1 Å². The fourth-order valence-corrected chi connectivity index (χ4v) is 1.95. The van der Waals surface area contributed by atoms with Crippen LogP contribution >= 0.6 is 0 Å². The molecule has 1 rings (SSSR count). The molecular weight excluding hydrogens is 341 g/mol. The van der Waals surface area contributed by atoms with Crippen LogP contribution in [0.2, 0.25) is 0 Å². The van der Waals surface area contributed by atoms with Gasteiger partial charge >= 0.3 is 12.1 Å². The maximum atomic E-state index is 12.8. The summed E-state index contributed by atoms with van der Waals surface area (Å²) in [5.74, 6) is -0.0870. The minimum Gasteiger partial charge on any atom is -0.493 e. The highest BCUT2D eigenvalue weighted by atomic mass is 19.4. The highest BCUT2D eigenvalue weighted by Crippen LogP contribution is 2.31. The number of hydrogen-bond acceptors (Lipinski definition) is 5. The highest BCUT2D eigenvalue weighted by Gasteiger charge is 2.34. The molecule has 142 valence electrons. The number of carbonyl (C=O) groups is 1. The summed E-state index contributed by atoms with van der Waals surface area (Å²) in [6.07, 6.45) is -6.82. The number of alkyl halides is 3. The van der Waals surface area contributed by atoms with Crippen LogP contribution in [0, 0.1) is 0 Å². The second-order valence-electron chi connectivity index (χ2n) is 6.52. The molecule has 0 saturated carbocycles. The molecule has 1 atom stereocenters. The summed E-state index contributed by atoms with van der Waals surface area (Å²) in [5.41, 5.74) is -0.208. The lowest BCUT2D eigenvalue weighted by Crippen LogP contribution is -2.29. The van der Waals surface area contributed by atoms with Crippen LogP contribution in [0.1, 0.15) is 39.7 Å².